The Bertz CT molecular complexity index is 717. The lowest BCUT2D eigenvalue weighted by molar-refractivity contribution is 0.131. The van der Waals surface area contributed by atoms with Crippen molar-refractivity contribution in [3.63, 3.8) is 0 Å². The lowest BCUT2D eigenvalue weighted by Gasteiger charge is -2.34. The van der Waals surface area contributed by atoms with Crippen LogP contribution in [-0.2, 0) is 13.1 Å². The summed E-state index contributed by atoms with van der Waals surface area (Å²) in [7, 11) is 2.25. The molecular weight excluding hydrogens is 350 g/mol. The van der Waals surface area contributed by atoms with Gasteiger partial charge in [-0.25, -0.2) is 0 Å². The Kier molecular flexibility index (Phi) is 7.10. The lowest BCUT2D eigenvalue weighted by Crippen LogP contribution is -2.45. The van der Waals surface area contributed by atoms with Crippen molar-refractivity contribution in [2.75, 3.05) is 39.8 Å². The van der Waals surface area contributed by atoms with E-state index in [0.29, 0.717) is 6.04 Å². The first-order valence-corrected chi connectivity index (χ1v) is 11.1. The highest BCUT2D eigenvalue weighted by Gasteiger charge is 2.18. The summed E-state index contributed by atoms with van der Waals surface area (Å²) in [6, 6.07) is 9.63. The molecule has 3 nitrogen and oxygen atoms in total. The average Bonchev–Trinajstić information content (AvgIpc) is 3.20. The molecule has 0 N–H and O–H groups in total. The first-order valence-electron chi connectivity index (χ1n) is 10.2. The first kappa shape index (κ1) is 20.5. The van der Waals surface area contributed by atoms with Gasteiger partial charge in [0.15, 0.2) is 0 Å². The van der Waals surface area contributed by atoms with E-state index < -0.39 is 0 Å². The number of hydrogen-bond acceptors (Lipinski definition) is 4. The third-order valence-electron chi connectivity index (χ3n) is 6.11. The van der Waals surface area contributed by atoms with Crippen molar-refractivity contribution >= 4 is 11.3 Å². The second-order valence-corrected chi connectivity index (χ2v) is 9.00. The molecule has 1 fully saturated rings. The van der Waals surface area contributed by atoms with E-state index in [1.165, 1.54) is 59.9 Å². The molecule has 1 aromatic carbocycles. The number of piperazine rings is 1. The maximum absolute atomic E-state index is 2.62. The van der Waals surface area contributed by atoms with E-state index in [-0.39, 0.29) is 0 Å². The summed E-state index contributed by atoms with van der Waals surface area (Å²) in [5, 5.41) is 2.17. The summed E-state index contributed by atoms with van der Waals surface area (Å²) in [6.07, 6.45) is 0. The fourth-order valence-corrected chi connectivity index (χ4v) is 4.85. The minimum atomic E-state index is 0.454. The van der Waals surface area contributed by atoms with Crippen LogP contribution in [0.25, 0.3) is 0 Å². The van der Waals surface area contributed by atoms with Crippen molar-refractivity contribution < 1.29 is 0 Å². The van der Waals surface area contributed by atoms with Gasteiger partial charge in [-0.3, -0.25) is 9.80 Å². The molecule has 1 aliphatic heterocycles. The van der Waals surface area contributed by atoms with E-state index in [1.54, 1.807) is 0 Å². The molecule has 2 aromatic rings. The van der Waals surface area contributed by atoms with E-state index in [1.807, 2.05) is 11.3 Å². The number of hydrogen-bond donors (Lipinski definition) is 0. The van der Waals surface area contributed by atoms with Crippen LogP contribution in [0.3, 0.4) is 0 Å². The average molecular weight is 386 g/mol. The zero-order valence-corrected chi connectivity index (χ0v) is 18.5. The van der Waals surface area contributed by atoms with Crippen molar-refractivity contribution in [1.29, 1.82) is 0 Å². The van der Waals surface area contributed by atoms with Gasteiger partial charge in [0.2, 0.25) is 0 Å². The fraction of sp³-hybridized carbons (Fsp3) is 0.565. The Balaban J connectivity index is 1.69. The number of nitrogens with zero attached hydrogens (tertiary/aromatic N) is 3. The van der Waals surface area contributed by atoms with Gasteiger partial charge < -0.3 is 4.90 Å². The highest BCUT2D eigenvalue weighted by Crippen LogP contribution is 2.27. The second-order valence-electron chi connectivity index (χ2n) is 8.03. The zero-order valence-electron chi connectivity index (χ0n) is 17.7. The normalized spacial score (nSPS) is 17.6. The molecular formula is C23H35N3S. The molecule has 1 aliphatic rings. The van der Waals surface area contributed by atoms with Crippen LogP contribution in [0.4, 0.5) is 0 Å². The van der Waals surface area contributed by atoms with Crippen LogP contribution in [0, 0.1) is 13.8 Å². The molecule has 1 saturated heterocycles. The van der Waals surface area contributed by atoms with Crippen LogP contribution in [0.2, 0.25) is 0 Å². The molecule has 2 heterocycles. The molecule has 0 aliphatic carbocycles. The third-order valence-corrected chi connectivity index (χ3v) is 7.15. The van der Waals surface area contributed by atoms with Crippen molar-refractivity contribution in [2.45, 2.75) is 46.8 Å². The molecule has 0 spiro atoms. The number of benzene rings is 1. The molecule has 1 aromatic heterocycles. The van der Waals surface area contributed by atoms with Gasteiger partial charge >= 0.3 is 0 Å². The maximum atomic E-state index is 2.62. The minimum Gasteiger partial charge on any atom is -0.301 e. The SMILES string of the molecule is CCN1CCN(Cc2cc(C)cc(CN(C)[C@@H](C)c3cccs3)c2C)CC1. The largest absolute Gasteiger partial charge is 0.301 e. The van der Waals surface area contributed by atoms with Crippen LogP contribution >= 0.6 is 11.3 Å². The molecule has 3 rings (SSSR count). The molecule has 148 valence electrons. The standard InChI is InChI=1S/C23H35N3S/c1-6-25-9-11-26(12-10-25)17-22-15-18(2)14-21(19(22)3)16-24(5)20(4)23-8-7-13-27-23/h7-8,13-15,20H,6,9-12,16-17H2,1-5H3/t20-/m0/s1. The molecule has 0 bridgehead atoms. The quantitative estimate of drug-likeness (QED) is 0.684. The molecule has 0 radical (unpaired) electrons. The van der Waals surface area contributed by atoms with Crippen molar-refractivity contribution in [1.82, 2.24) is 14.7 Å². The van der Waals surface area contributed by atoms with Gasteiger partial charge in [0, 0.05) is 50.2 Å². The Hall–Kier alpha value is -1.20. The minimum absolute atomic E-state index is 0.454. The van der Waals surface area contributed by atoms with Crippen LogP contribution in [0.1, 0.15) is 47.0 Å². The highest BCUT2D eigenvalue weighted by molar-refractivity contribution is 7.10. The zero-order chi connectivity index (χ0) is 19.4. The van der Waals surface area contributed by atoms with Gasteiger partial charge in [-0.1, -0.05) is 30.7 Å². The second kappa shape index (κ2) is 9.33. The molecule has 0 amide bonds. The summed E-state index contributed by atoms with van der Waals surface area (Å²) in [5.74, 6) is 0. The summed E-state index contributed by atoms with van der Waals surface area (Å²) in [5.41, 5.74) is 5.84. The summed E-state index contributed by atoms with van der Waals surface area (Å²) >= 11 is 1.85. The first-order chi connectivity index (χ1) is 13.0. The number of thiophene rings is 1. The van der Waals surface area contributed by atoms with Crippen LogP contribution in [0.15, 0.2) is 29.6 Å². The topological polar surface area (TPSA) is 9.72 Å². The Morgan fingerprint density at radius 3 is 2.37 bits per heavy atom. The van der Waals surface area contributed by atoms with Crippen molar-refractivity contribution in [2.24, 2.45) is 0 Å². The van der Waals surface area contributed by atoms with Gasteiger partial charge in [0.05, 0.1) is 0 Å². The molecule has 27 heavy (non-hydrogen) atoms. The number of likely N-dealkylation sites (N-methyl/N-ethyl adjacent to an activating group) is 1. The summed E-state index contributed by atoms with van der Waals surface area (Å²) in [4.78, 5) is 9.08. The Morgan fingerprint density at radius 1 is 1.07 bits per heavy atom. The van der Waals surface area contributed by atoms with E-state index in [0.717, 1.165) is 13.1 Å². The van der Waals surface area contributed by atoms with Gasteiger partial charge in [0.1, 0.15) is 0 Å². The summed E-state index contributed by atoms with van der Waals surface area (Å²) < 4.78 is 0. The van der Waals surface area contributed by atoms with Gasteiger partial charge in [0.25, 0.3) is 0 Å². The fourth-order valence-electron chi connectivity index (χ4n) is 4.00. The Labute approximate surface area is 169 Å². The molecule has 0 saturated carbocycles. The van der Waals surface area contributed by atoms with Crippen LogP contribution in [-0.4, -0.2) is 54.5 Å². The monoisotopic (exact) mass is 385 g/mol. The predicted molar refractivity (Wildman–Crippen MR) is 118 cm³/mol. The molecule has 4 heteroatoms. The highest BCUT2D eigenvalue weighted by atomic mass is 32.1. The van der Waals surface area contributed by atoms with Crippen molar-refractivity contribution in [3.05, 3.63) is 56.8 Å². The van der Waals surface area contributed by atoms with E-state index in [2.05, 4.69) is 79.1 Å². The van der Waals surface area contributed by atoms with E-state index in [4.69, 9.17) is 0 Å². The van der Waals surface area contributed by atoms with Gasteiger partial charge in [-0.05, 0) is 62.5 Å². The van der Waals surface area contributed by atoms with E-state index >= 15 is 0 Å². The van der Waals surface area contributed by atoms with Gasteiger partial charge in [-0.15, -0.1) is 11.3 Å². The molecule has 1 atom stereocenters. The Morgan fingerprint density at radius 2 is 1.74 bits per heavy atom. The lowest BCUT2D eigenvalue weighted by atomic mass is 9.97. The smallest absolute Gasteiger partial charge is 0.0413 e. The number of rotatable bonds is 7. The predicted octanol–water partition coefficient (Wildman–Crippen LogP) is 4.70. The van der Waals surface area contributed by atoms with Crippen LogP contribution in [0.5, 0.6) is 0 Å². The van der Waals surface area contributed by atoms with Crippen LogP contribution < -0.4 is 0 Å². The molecule has 0 unspecified atom stereocenters. The summed E-state index contributed by atoms with van der Waals surface area (Å²) in [6.45, 7) is 17.2. The number of aryl methyl sites for hydroxylation is 1. The van der Waals surface area contributed by atoms with Gasteiger partial charge in [-0.2, -0.15) is 0 Å². The van der Waals surface area contributed by atoms with E-state index in [9.17, 15) is 0 Å². The third kappa shape index (κ3) is 5.20. The van der Waals surface area contributed by atoms with Crippen molar-refractivity contribution in [3.8, 4) is 0 Å². The maximum Gasteiger partial charge on any atom is 0.0413 e.